The molecule has 1 aromatic carbocycles. The first-order valence-corrected chi connectivity index (χ1v) is 7.11. The minimum absolute atomic E-state index is 0.275. The molecule has 0 spiro atoms. The van der Waals surface area contributed by atoms with E-state index in [1.165, 1.54) is 24.0 Å². The zero-order chi connectivity index (χ0) is 13.4. The van der Waals surface area contributed by atoms with E-state index < -0.39 is 0 Å². The Bertz CT molecular complexity index is 320. The van der Waals surface area contributed by atoms with Crippen molar-refractivity contribution in [1.82, 2.24) is 5.32 Å². The maximum atomic E-state index is 5.52. The Hall–Kier alpha value is -0.860. The maximum Gasteiger partial charge on any atom is 0.0671 e. The molecule has 0 aliphatic carbocycles. The number of nitrogens with one attached hydrogen (secondary N) is 1. The van der Waals surface area contributed by atoms with Crippen LogP contribution in [-0.2, 0) is 11.2 Å². The molecule has 0 saturated carbocycles. The predicted molar refractivity (Wildman–Crippen MR) is 77.9 cm³/mol. The van der Waals surface area contributed by atoms with Crippen LogP contribution in [0.25, 0.3) is 0 Å². The van der Waals surface area contributed by atoms with E-state index in [9.17, 15) is 0 Å². The van der Waals surface area contributed by atoms with Crippen molar-refractivity contribution in [2.45, 2.75) is 52.7 Å². The fourth-order valence-electron chi connectivity index (χ4n) is 2.07. The van der Waals surface area contributed by atoms with E-state index >= 15 is 0 Å². The lowest BCUT2D eigenvalue weighted by molar-refractivity contribution is 0.0743. The van der Waals surface area contributed by atoms with Crippen LogP contribution < -0.4 is 5.32 Å². The molecule has 1 N–H and O–H groups in total. The van der Waals surface area contributed by atoms with Crippen molar-refractivity contribution < 1.29 is 4.74 Å². The van der Waals surface area contributed by atoms with E-state index in [1.807, 2.05) is 6.92 Å². The Labute approximate surface area is 112 Å². The molecule has 0 bridgehead atoms. The summed E-state index contributed by atoms with van der Waals surface area (Å²) in [6.07, 6.45) is 2.65. The first-order valence-electron chi connectivity index (χ1n) is 7.11. The van der Waals surface area contributed by atoms with E-state index in [4.69, 9.17) is 4.74 Å². The van der Waals surface area contributed by atoms with Crippen LogP contribution in [0.1, 0.15) is 51.3 Å². The molecule has 2 nitrogen and oxygen atoms in total. The third-order valence-corrected chi connectivity index (χ3v) is 3.18. The molecule has 18 heavy (non-hydrogen) atoms. The monoisotopic (exact) mass is 249 g/mol. The molecule has 0 aliphatic rings. The predicted octanol–water partition coefficient (Wildman–Crippen LogP) is 3.71. The molecule has 2 heteroatoms. The van der Waals surface area contributed by atoms with Gasteiger partial charge in [-0.3, -0.25) is 0 Å². The number of hydrogen-bond acceptors (Lipinski definition) is 2. The summed E-state index contributed by atoms with van der Waals surface area (Å²) in [6.45, 7) is 10.2. The van der Waals surface area contributed by atoms with Gasteiger partial charge in [-0.25, -0.2) is 0 Å². The van der Waals surface area contributed by atoms with E-state index in [-0.39, 0.29) is 6.10 Å². The average Bonchev–Trinajstić information content (AvgIpc) is 2.37. The van der Waals surface area contributed by atoms with Gasteiger partial charge in [0.15, 0.2) is 0 Å². The number of aryl methyl sites for hydroxylation is 1. The van der Waals surface area contributed by atoms with E-state index in [0.29, 0.717) is 6.04 Å². The first kappa shape index (κ1) is 15.2. The molecule has 0 aromatic heterocycles. The zero-order valence-electron chi connectivity index (χ0n) is 12.2. The molecule has 0 heterocycles. The molecule has 0 aliphatic heterocycles. The van der Waals surface area contributed by atoms with Crippen molar-refractivity contribution in [1.29, 1.82) is 0 Å². The van der Waals surface area contributed by atoms with Crippen LogP contribution >= 0.6 is 0 Å². The summed E-state index contributed by atoms with van der Waals surface area (Å²) >= 11 is 0. The van der Waals surface area contributed by atoms with E-state index in [1.54, 1.807) is 0 Å². The fourth-order valence-corrected chi connectivity index (χ4v) is 2.07. The SMILES string of the molecule is CCCc1ccc(C(C)NCC(C)OCC)cc1. The highest BCUT2D eigenvalue weighted by Crippen LogP contribution is 2.14. The molecular weight excluding hydrogens is 222 g/mol. The lowest BCUT2D eigenvalue weighted by Gasteiger charge is -2.18. The molecule has 0 radical (unpaired) electrons. The topological polar surface area (TPSA) is 21.3 Å². The highest BCUT2D eigenvalue weighted by Gasteiger charge is 2.07. The molecule has 2 unspecified atom stereocenters. The normalized spacial score (nSPS) is 14.4. The quantitative estimate of drug-likeness (QED) is 0.758. The molecule has 0 fully saturated rings. The standard InChI is InChI=1S/C16H27NO/c1-5-7-15-8-10-16(11-9-15)14(4)17-12-13(3)18-6-2/h8-11,13-14,17H,5-7,12H2,1-4H3. The van der Waals surface area contributed by atoms with Crippen molar-refractivity contribution in [3.63, 3.8) is 0 Å². The molecule has 2 atom stereocenters. The van der Waals surface area contributed by atoms with Gasteiger partial charge in [-0.2, -0.15) is 0 Å². The third kappa shape index (κ3) is 5.19. The fraction of sp³-hybridized carbons (Fsp3) is 0.625. The summed E-state index contributed by atoms with van der Waals surface area (Å²) in [5.41, 5.74) is 2.77. The summed E-state index contributed by atoms with van der Waals surface area (Å²) in [6, 6.07) is 9.32. The number of benzene rings is 1. The second kappa shape index (κ2) is 8.28. The molecule has 102 valence electrons. The van der Waals surface area contributed by atoms with Gasteiger partial charge < -0.3 is 10.1 Å². The Morgan fingerprint density at radius 3 is 2.33 bits per heavy atom. The Kier molecular flexibility index (Phi) is 6.99. The van der Waals surface area contributed by atoms with E-state index in [2.05, 4.69) is 50.4 Å². The summed E-state index contributed by atoms with van der Waals surface area (Å²) in [7, 11) is 0. The Morgan fingerprint density at radius 2 is 1.78 bits per heavy atom. The lowest BCUT2D eigenvalue weighted by Crippen LogP contribution is -2.29. The van der Waals surface area contributed by atoms with Crippen LogP contribution in [0.2, 0.25) is 0 Å². The van der Waals surface area contributed by atoms with Crippen molar-refractivity contribution in [2.75, 3.05) is 13.2 Å². The summed E-state index contributed by atoms with van der Waals surface area (Å²) in [5.74, 6) is 0. The largest absolute Gasteiger partial charge is 0.377 e. The van der Waals surface area contributed by atoms with Crippen LogP contribution in [0.15, 0.2) is 24.3 Å². The van der Waals surface area contributed by atoms with E-state index in [0.717, 1.165) is 13.2 Å². The highest BCUT2D eigenvalue weighted by molar-refractivity contribution is 5.24. The number of hydrogen-bond donors (Lipinski definition) is 1. The van der Waals surface area contributed by atoms with Crippen LogP contribution in [0.3, 0.4) is 0 Å². The molecular formula is C16H27NO. The van der Waals surface area contributed by atoms with Crippen molar-refractivity contribution >= 4 is 0 Å². The van der Waals surface area contributed by atoms with Gasteiger partial charge in [-0.05, 0) is 38.3 Å². The van der Waals surface area contributed by atoms with Gasteiger partial charge in [0.25, 0.3) is 0 Å². The van der Waals surface area contributed by atoms with Crippen molar-refractivity contribution in [2.24, 2.45) is 0 Å². The first-order chi connectivity index (χ1) is 8.67. The van der Waals surface area contributed by atoms with Crippen LogP contribution in [0.5, 0.6) is 0 Å². The summed E-state index contributed by atoms with van der Waals surface area (Å²) in [4.78, 5) is 0. The maximum absolute atomic E-state index is 5.52. The second-order valence-corrected chi connectivity index (χ2v) is 4.89. The van der Waals surface area contributed by atoms with Crippen molar-refractivity contribution in [3.05, 3.63) is 35.4 Å². The van der Waals surface area contributed by atoms with Gasteiger partial charge in [0.1, 0.15) is 0 Å². The number of ether oxygens (including phenoxy) is 1. The Morgan fingerprint density at radius 1 is 1.11 bits per heavy atom. The van der Waals surface area contributed by atoms with Gasteiger partial charge in [0.2, 0.25) is 0 Å². The zero-order valence-corrected chi connectivity index (χ0v) is 12.2. The van der Waals surface area contributed by atoms with Gasteiger partial charge in [-0.1, -0.05) is 37.6 Å². The number of rotatable bonds is 8. The minimum atomic E-state index is 0.275. The summed E-state index contributed by atoms with van der Waals surface area (Å²) < 4.78 is 5.52. The highest BCUT2D eigenvalue weighted by atomic mass is 16.5. The second-order valence-electron chi connectivity index (χ2n) is 4.89. The van der Waals surface area contributed by atoms with Gasteiger partial charge >= 0.3 is 0 Å². The van der Waals surface area contributed by atoms with Gasteiger partial charge in [0, 0.05) is 19.2 Å². The average molecular weight is 249 g/mol. The molecule has 0 saturated heterocycles. The van der Waals surface area contributed by atoms with Crippen LogP contribution in [-0.4, -0.2) is 19.3 Å². The molecule has 0 amide bonds. The lowest BCUT2D eigenvalue weighted by atomic mass is 10.0. The van der Waals surface area contributed by atoms with Crippen LogP contribution in [0.4, 0.5) is 0 Å². The smallest absolute Gasteiger partial charge is 0.0671 e. The molecule has 1 aromatic rings. The van der Waals surface area contributed by atoms with Gasteiger partial charge in [0.05, 0.1) is 6.10 Å². The third-order valence-electron chi connectivity index (χ3n) is 3.18. The van der Waals surface area contributed by atoms with Crippen molar-refractivity contribution in [3.8, 4) is 0 Å². The Balaban J connectivity index is 2.43. The molecule has 1 rings (SSSR count). The summed E-state index contributed by atoms with van der Waals surface area (Å²) in [5, 5.41) is 3.51. The minimum Gasteiger partial charge on any atom is -0.377 e. The van der Waals surface area contributed by atoms with Gasteiger partial charge in [-0.15, -0.1) is 0 Å². The van der Waals surface area contributed by atoms with Crippen LogP contribution in [0, 0.1) is 0 Å².